The van der Waals surface area contributed by atoms with Crippen LogP contribution in [0.5, 0.6) is 0 Å². The number of likely N-dealkylation sites (tertiary alicyclic amines) is 1. The molecule has 3 heterocycles. The fraction of sp³-hybridized carbons (Fsp3) is 0.450. The van der Waals surface area contributed by atoms with Crippen LogP contribution in [0.1, 0.15) is 47.8 Å². The summed E-state index contributed by atoms with van der Waals surface area (Å²) in [5.41, 5.74) is 3.56. The van der Waals surface area contributed by atoms with Crippen LogP contribution in [0.2, 0.25) is 0 Å². The molecule has 1 aliphatic heterocycles. The maximum absolute atomic E-state index is 13.0. The first kappa shape index (κ1) is 16.0. The lowest BCUT2D eigenvalue weighted by atomic mass is 9.96. The van der Waals surface area contributed by atoms with Gasteiger partial charge in [-0.25, -0.2) is 9.97 Å². The fourth-order valence-corrected chi connectivity index (χ4v) is 4.67. The average Bonchev–Trinajstić information content (AvgIpc) is 3.17. The van der Waals surface area contributed by atoms with E-state index >= 15 is 0 Å². The normalized spacial score (nSPS) is 20.6. The van der Waals surface area contributed by atoms with Gasteiger partial charge in [-0.3, -0.25) is 4.79 Å². The van der Waals surface area contributed by atoms with Crippen LogP contribution in [-0.2, 0) is 6.54 Å². The molecular weight excluding hydrogens is 344 g/mol. The van der Waals surface area contributed by atoms with E-state index in [0.717, 1.165) is 60.0 Å². The van der Waals surface area contributed by atoms with Gasteiger partial charge in [0, 0.05) is 43.5 Å². The van der Waals surface area contributed by atoms with E-state index in [1.165, 1.54) is 12.8 Å². The highest BCUT2D eigenvalue weighted by Crippen LogP contribution is 2.33. The molecule has 0 bridgehead atoms. The van der Waals surface area contributed by atoms with Crippen LogP contribution in [0.15, 0.2) is 36.1 Å². The second-order valence-electron chi connectivity index (χ2n) is 7.51. The number of fused-ring (bicyclic) bond motifs is 1. The van der Waals surface area contributed by atoms with Crippen molar-refractivity contribution >= 4 is 27.5 Å². The van der Waals surface area contributed by atoms with Crippen molar-refractivity contribution in [2.24, 2.45) is 5.92 Å². The molecule has 0 unspecified atom stereocenters. The summed E-state index contributed by atoms with van der Waals surface area (Å²) >= 11 is 1.58. The number of hydrogen-bond donors (Lipinski definition) is 0. The maximum Gasteiger partial charge on any atom is 0.253 e. The van der Waals surface area contributed by atoms with Gasteiger partial charge >= 0.3 is 0 Å². The molecule has 5 rings (SSSR count). The summed E-state index contributed by atoms with van der Waals surface area (Å²) in [5, 5.41) is 0. The van der Waals surface area contributed by atoms with Crippen LogP contribution >= 0.6 is 11.3 Å². The predicted molar refractivity (Wildman–Crippen MR) is 102 cm³/mol. The molecule has 6 heteroatoms. The van der Waals surface area contributed by atoms with Gasteiger partial charge in [-0.15, -0.1) is 11.3 Å². The summed E-state index contributed by atoms with van der Waals surface area (Å²) in [6.45, 7) is 2.68. The number of imidazole rings is 1. The van der Waals surface area contributed by atoms with Crippen molar-refractivity contribution in [2.75, 3.05) is 13.1 Å². The third-order valence-electron chi connectivity index (χ3n) is 5.55. The Morgan fingerprint density at radius 3 is 3.04 bits per heavy atom. The van der Waals surface area contributed by atoms with Gasteiger partial charge in [0.15, 0.2) is 0 Å². The van der Waals surface area contributed by atoms with E-state index in [2.05, 4.69) is 20.7 Å². The number of carbonyl (C=O) groups is 1. The lowest BCUT2D eigenvalue weighted by molar-refractivity contribution is 0.0703. The number of benzene rings is 1. The van der Waals surface area contributed by atoms with Crippen molar-refractivity contribution in [3.63, 3.8) is 0 Å². The molecule has 1 saturated carbocycles. The van der Waals surface area contributed by atoms with Gasteiger partial charge in [-0.1, -0.05) is 0 Å². The molecule has 0 radical (unpaired) electrons. The van der Waals surface area contributed by atoms with Gasteiger partial charge in [0.1, 0.15) is 5.82 Å². The highest BCUT2D eigenvalue weighted by molar-refractivity contribution is 7.16. The number of rotatable bonds is 4. The number of thiazole rings is 1. The third kappa shape index (κ3) is 3.03. The van der Waals surface area contributed by atoms with Gasteiger partial charge in [0.2, 0.25) is 0 Å². The molecule has 1 atom stereocenters. The Morgan fingerprint density at radius 2 is 2.15 bits per heavy atom. The number of nitrogens with zero attached hydrogens (tertiary/aromatic N) is 4. The van der Waals surface area contributed by atoms with Crippen LogP contribution in [0, 0.1) is 5.92 Å². The number of hydrogen-bond acceptors (Lipinski definition) is 4. The van der Waals surface area contributed by atoms with E-state index in [9.17, 15) is 4.79 Å². The first-order chi connectivity index (χ1) is 12.8. The van der Waals surface area contributed by atoms with E-state index < -0.39 is 0 Å². The minimum Gasteiger partial charge on any atom is -0.338 e. The van der Waals surface area contributed by atoms with Gasteiger partial charge in [-0.2, -0.15) is 0 Å². The Bertz CT molecular complexity index is 942. The first-order valence-electron chi connectivity index (χ1n) is 9.41. The van der Waals surface area contributed by atoms with Crippen molar-refractivity contribution < 1.29 is 4.79 Å². The Hall–Kier alpha value is -2.21. The molecule has 1 amide bonds. The van der Waals surface area contributed by atoms with Gasteiger partial charge < -0.3 is 9.47 Å². The van der Waals surface area contributed by atoms with Crippen molar-refractivity contribution in [3.8, 4) is 0 Å². The summed E-state index contributed by atoms with van der Waals surface area (Å²) in [6, 6.07) is 5.83. The number of aromatic nitrogens is 3. The van der Waals surface area contributed by atoms with E-state index in [0.29, 0.717) is 5.92 Å². The minimum atomic E-state index is 0.130. The van der Waals surface area contributed by atoms with E-state index in [1.54, 1.807) is 11.3 Å². The first-order valence-corrected chi connectivity index (χ1v) is 10.3. The van der Waals surface area contributed by atoms with Gasteiger partial charge in [-0.05, 0) is 49.8 Å². The molecule has 2 aromatic heterocycles. The average molecular weight is 366 g/mol. The smallest absolute Gasteiger partial charge is 0.253 e. The topological polar surface area (TPSA) is 51.0 Å². The van der Waals surface area contributed by atoms with Crippen molar-refractivity contribution in [2.45, 2.75) is 38.1 Å². The maximum atomic E-state index is 13.0. The lowest BCUT2D eigenvalue weighted by Crippen LogP contribution is -2.39. The van der Waals surface area contributed by atoms with Crippen LogP contribution in [0.25, 0.3) is 10.2 Å². The second-order valence-corrected chi connectivity index (χ2v) is 8.39. The monoisotopic (exact) mass is 366 g/mol. The molecule has 0 N–H and O–H groups in total. The number of carbonyl (C=O) groups excluding carboxylic acids is 1. The zero-order valence-electron chi connectivity index (χ0n) is 14.7. The Balaban J connectivity index is 1.35. The second kappa shape index (κ2) is 6.50. The Kier molecular flexibility index (Phi) is 4.00. The van der Waals surface area contributed by atoms with Crippen molar-refractivity contribution in [3.05, 3.63) is 47.5 Å². The van der Waals surface area contributed by atoms with E-state index in [1.807, 2.05) is 34.8 Å². The molecule has 1 aliphatic carbocycles. The highest BCUT2D eigenvalue weighted by Gasteiger charge is 2.29. The van der Waals surface area contributed by atoms with Crippen LogP contribution in [0.4, 0.5) is 0 Å². The third-order valence-corrected chi connectivity index (χ3v) is 6.34. The molecule has 26 heavy (non-hydrogen) atoms. The summed E-state index contributed by atoms with van der Waals surface area (Å²) in [6.07, 6.45) is 8.84. The minimum absolute atomic E-state index is 0.130. The molecule has 2 aliphatic rings. The van der Waals surface area contributed by atoms with Crippen molar-refractivity contribution in [1.29, 1.82) is 0 Å². The standard InChI is InChI=1S/C20H22N4OS/c25-20(15-5-6-17-18(10-15)26-13-22-17)24-8-1-2-16(12-24)19-21-7-9-23(19)11-14-3-4-14/h5-7,9-10,13-14,16H,1-4,8,11-12H2/t16-/m0/s1. The summed E-state index contributed by atoms with van der Waals surface area (Å²) in [7, 11) is 0. The quantitative estimate of drug-likeness (QED) is 0.703. The zero-order valence-corrected chi connectivity index (χ0v) is 15.5. The van der Waals surface area contributed by atoms with E-state index in [4.69, 9.17) is 0 Å². The largest absolute Gasteiger partial charge is 0.338 e. The summed E-state index contributed by atoms with van der Waals surface area (Å²) in [4.78, 5) is 24.0. The molecule has 1 aromatic carbocycles. The Morgan fingerprint density at radius 1 is 1.23 bits per heavy atom. The van der Waals surface area contributed by atoms with Gasteiger partial charge in [0.25, 0.3) is 5.91 Å². The van der Waals surface area contributed by atoms with Crippen molar-refractivity contribution in [1.82, 2.24) is 19.4 Å². The van der Waals surface area contributed by atoms with Crippen LogP contribution < -0.4 is 0 Å². The predicted octanol–water partition coefficient (Wildman–Crippen LogP) is 3.92. The van der Waals surface area contributed by atoms with Gasteiger partial charge in [0.05, 0.1) is 15.7 Å². The lowest BCUT2D eigenvalue weighted by Gasteiger charge is -2.32. The van der Waals surface area contributed by atoms with E-state index in [-0.39, 0.29) is 5.91 Å². The molecule has 134 valence electrons. The molecule has 5 nitrogen and oxygen atoms in total. The summed E-state index contributed by atoms with van der Waals surface area (Å²) in [5.74, 6) is 2.46. The highest BCUT2D eigenvalue weighted by atomic mass is 32.1. The summed E-state index contributed by atoms with van der Waals surface area (Å²) < 4.78 is 3.39. The molecule has 1 saturated heterocycles. The molecule has 2 fully saturated rings. The zero-order chi connectivity index (χ0) is 17.5. The molecule has 0 spiro atoms. The van der Waals surface area contributed by atoms with Crippen LogP contribution in [0.3, 0.4) is 0 Å². The fourth-order valence-electron chi connectivity index (χ4n) is 3.96. The Labute approximate surface area is 156 Å². The SMILES string of the molecule is O=C(c1ccc2ncsc2c1)N1CCC[C@H](c2nccn2CC2CC2)C1. The number of amides is 1. The molecular formula is C20H22N4OS. The van der Waals surface area contributed by atoms with Crippen LogP contribution in [-0.4, -0.2) is 38.4 Å². The number of piperidine rings is 1. The molecule has 3 aromatic rings.